The van der Waals surface area contributed by atoms with Gasteiger partial charge in [-0.2, -0.15) is 4.31 Å². The molecule has 5 nitrogen and oxygen atoms in total. The van der Waals surface area contributed by atoms with Crippen LogP contribution in [-0.2, 0) is 23.0 Å². The van der Waals surface area contributed by atoms with Gasteiger partial charge < -0.3 is 4.57 Å². The molecule has 1 aromatic carbocycles. The SMILES string of the molecule is CCc1nccn1CC1CCN(S(=O)(=O)c2cc(C)ccc2C)CC1. The average Bonchev–Trinajstić information content (AvgIpc) is 3.04. The number of rotatable bonds is 5. The number of aryl methyl sites for hydroxylation is 3. The third-order valence-electron chi connectivity index (χ3n) is 5.11. The fourth-order valence-electron chi connectivity index (χ4n) is 3.56. The lowest BCUT2D eigenvalue weighted by Gasteiger charge is -2.32. The van der Waals surface area contributed by atoms with E-state index in [1.54, 1.807) is 10.4 Å². The lowest BCUT2D eigenvalue weighted by atomic mass is 9.98. The number of aromatic nitrogens is 2. The van der Waals surface area contributed by atoms with Crippen LogP contribution in [0.2, 0.25) is 0 Å². The number of sulfonamides is 1. The van der Waals surface area contributed by atoms with Gasteiger partial charge in [0, 0.05) is 38.4 Å². The lowest BCUT2D eigenvalue weighted by Crippen LogP contribution is -2.39. The van der Waals surface area contributed by atoms with Crippen molar-refractivity contribution in [2.24, 2.45) is 5.92 Å². The molecule has 0 bridgehead atoms. The van der Waals surface area contributed by atoms with Crippen LogP contribution >= 0.6 is 0 Å². The van der Waals surface area contributed by atoms with Crippen molar-refractivity contribution in [3.05, 3.63) is 47.5 Å². The Balaban J connectivity index is 1.68. The van der Waals surface area contributed by atoms with Crippen molar-refractivity contribution < 1.29 is 8.42 Å². The summed E-state index contributed by atoms with van der Waals surface area (Å²) in [5, 5.41) is 0. The zero-order valence-corrected chi connectivity index (χ0v) is 16.1. The largest absolute Gasteiger partial charge is 0.335 e. The smallest absolute Gasteiger partial charge is 0.243 e. The number of hydrogen-bond donors (Lipinski definition) is 0. The van der Waals surface area contributed by atoms with Crippen molar-refractivity contribution >= 4 is 10.0 Å². The molecule has 2 heterocycles. The maximum atomic E-state index is 13.0. The van der Waals surface area contributed by atoms with E-state index >= 15 is 0 Å². The average molecular weight is 362 g/mol. The molecule has 1 saturated heterocycles. The minimum atomic E-state index is -3.40. The molecule has 0 atom stereocenters. The molecule has 0 spiro atoms. The zero-order valence-electron chi connectivity index (χ0n) is 15.3. The number of imidazole rings is 1. The molecule has 0 aliphatic carbocycles. The zero-order chi connectivity index (χ0) is 18.0. The molecule has 1 aliphatic heterocycles. The summed E-state index contributed by atoms with van der Waals surface area (Å²) >= 11 is 0. The predicted octanol–water partition coefficient (Wildman–Crippen LogP) is 3.16. The van der Waals surface area contributed by atoms with Crippen LogP contribution in [0.15, 0.2) is 35.5 Å². The molecule has 3 rings (SSSR count). The highest BCUT2D eigenvalue weighted by molar-refractivity contribution is 7.89. The molecular weight excluding hydrogens is 334 g/mol. The summed E-state index contributed by atoms with van der Waals surface area (Å²) in [4.78, 5) is 4.82. The fraction of sp³-hybridized carbons (Fsp3) is 0.526. The highest BCUT2D eigenvalue weighted by Crippen LogP contribution is 2.27. The molecular formula is C19H27N3O2S. The molecule has 25 heavy (non-hydrogen) atoms. The Morgan fingerprint density at radius 2 is 1.92 bits per heavy atom. The van der Waals surface area contributed by atoms with E-state index < -0.39 is 10.0 Å². The highest BCUT2D eigenvalue weighted by atomic mass is 32.2. The first-order valence-corrected chi connectivity index (χ1v) is 10.4. The van der Waals surface area contributed by atoms with Crippen molar-refractivity contribution in [1.82, 2.24) is 13.9 Å². The summed E-state index contributed by atoms with van der Waals surface area (Å²) in [6.45, 7) is 8.03. The standard InChI is InChI=1S/C19H27N3O2S/c1-4-19-20-9-12-21(19)14-17-7-10-22(11-8-17)25(23,24)18-13-15(2)5-6-16(18)3/h5-6,9,12-13,17H,4,7-8,10-11,14H2,1-3H3. The van der Waals surface area contributed by atoms with Crippen LogP contribution < -0.4 is 0 Å². The minimum absolute atomic E-state index is 0.453. The second-order valence-electron chi connectivity index (χ2n) is 6.97. The van der Waals surface area contributed by atoms with Crippen LogP contribution in [-0.4, -0.2) is 35.4 Å². The molecule has 2 aromatic rings. The Hall–Kier alpha value is -1.66. The molecule has 136 valence electrons. The van der Waals surface area contributed by atoms with E-state index in [-0.39, 0.29) is 0 Å². The minimum Gasteiger partial charge on any atom is -0.335 e. The van der Waals surface area contributed by atoms with Gasteiger partial charge in [0.2, 0.25) is 10.0 Å². The summed E-state index contributed by atoms with van der Waals surface area (Å²) in [6.07, 6.45) is 6.58. The van der Waals surface area contributed by atoms with Crippen molar-refractivity contribution in [2.75, 3.05) is 13.1 Å². The Morgan fingerprint density at radius 1 is 1.20 bits per heavy atom. The van der Waals surface area contributed by atoms with E-state index in [0.717, 1.165) is 42.8 Å². The Morgan fingerprint density at radius 3 is 2.60 bits per heavy atom. The van der Waals surface area contributed by atoms with Gasteiger partial charge in [-0.1, -0.05) is 19.1 Å². The fourth-order valence-corrected chi connectivity index (χ4v) is 5.33. The first-order chi connectivity index (χ1) is 11.9. The van der Waals surface area contributed by atoms with Gasteiger partial charge in [0.15, 0.2) is 0 Å². The van der Waals surface area contributed by atoms with Gasteiger partial charge in [-0.05, 0) is 49.8 Å². The topological polar surface area (TPSA) is 55.2 Å². The van der Waals surface area contributed by atoms with E-state index in [0.29, 0.717) is 23.9 Å². The Kier molecular flexibility index (Phi) is 5.29. The van der Waals surface area contributed by atoms with Crippen molar-refractivity contribution in [3.63, 3.8) is 0 Å². The number of hydrogen-bond acceptors (Lipinski definition) is 3. The van der Waals surface area contributed by atoms with Gasteiger partial charge >= 0.3 is 0 Å². The van der Waals surface area contributed by atoms with Gasteiger partial charge in [-0.25, -0.2) is 13.4 Å². The van der Waals surface area contributed by atoms with Crippen molar-refractivity contribution in [3.8, 4) is 0 Å². The molecule has 0 saturated carbocycles. The number of benzene rings is 1. The Labute approximate surface area is 150 Å². The Bertz CT molecular complexity index is 834. The van der Waals surface area contributed by atoms with E-state index in [4.69, 9.17) is 0 Å². The van der Waals surface area contributed by atoms with Gasteiger partial charge in [-0.3, -0.25) is 0 Å². The van der Waals surface area contributed by atoms with Crippen LogP contribution in [0.4, 0.5) is 0 Å². The van der Waals surface area contributed by atoms with Crippen LogP contribution in [0.3, 0.4) is 0 Å². The maximum Gasteiger partial charge on any atom is 0.243 e. The molecule has 0 unspecified atom stereocenters. The first kappa shape index (κ1) is 18.1. The van der Waals surface area contributed by atoms with E-state index in [2.05, 4.69) is 16.5 Å². The third-order valence-corrected chi connectivity index (χ3v) is 7.15. The van der Waals surface area contributed by atoms with Crippen LogP contribution in [0.5, 0.6) is 0 Å². The van der Waals surface area contributed by atoms with Crippen LogP contribution in [0.1, 0.15) is 36.7 Å². The number of nitrogens with zero attached hydrogens (tertiary/aromatic N) is 3. The second-order valence-corrected chi connectivity index (χ2v) is 8.87. The maximum absolute atomic E-state index is 13.0. The summed E-state index contributed by atoms with van der Waals surface area (Å²) in [6, 6.07) is 5.63. The van der Waals surface area contributed by atoms with Gasteiger partial charge in [0.1, 0.15) is 5.82 Å². The van der Waals surface area contributed by atoms with Crippen molar-refractivity contribution in [2.45, 2.75) is 51.5 Å². The van der Waals surface area contributed by atoms with E-state index in [9.17, 15) is 8.42 Å². The molecule has 0 N–H and O–H groups in total. The molecule has 1 aromatic heterocycles. The molecule has 0 radical (unpaired) electrons. The second kappa shape index (κ2) is 7.30. The molecule has 1 fully saturated rings. The highest BCUT2D eigenvalue weighted by Gasteiger charge is 2.30. The quantitative estimate of drug-likeness (QED) is 0.822. The summed E-state index contributed by atoms with van der Waals surface area (Å²) in [5.41, 5.74) is 1.80. The molecule has 0 amide bonds. The van der Waals surface area contributed by atoms with Gasteiger partial charge in [0.25, 0.3) is 0 Å². The van der Waals surface area contributed by atoms with Crippen LogP contribution in [0, 0.1) is 19.8 Å². The van der Waals surface area contributed by atoms with Crippen LogP contribution in [0.25, 0.3) is 0 Å². The summed E-state index contributed by atoms with van der Waals surface area (Å²) in [5.74, 6) is 1.61. The third kappa shape index (κ3) is 3.80. The summed E-state index contributed by atoms with van der Waals surface area (Å²) in [7, 11) is -3.40. The van der Waals surface area contributed by atoms with Gasteiger partial charge in [0.05, 0.1) is 4.90 Å². The monoisotopic (exact) mass is 361 g/mol. The van der Waals surface area contributed by atoms with Crippen molar-refractivity contribution in [1.29, 1.82) is 0 Å². The molecule has 1 aliphatic rings. The van der Waals surface area contributed by atoms with E-state index in [1.807, 2.05) is 38.4 Å². The first-order valence-electron chi connectivity index (χ1n) is 8.99. The van der Waals surface area contributed by atoms with Gasteiger partial charge in [-0.15, -0.1) is 0 Å². The molecule has 6 heteroatoms. The predicted molar refractivity (Wildman–Crippen MR) is 99.0 cm³/mol. The summed E-state index contributed by atoms with van der Waals surface area (Å²) < 4.78 is 29.9. The normalized spacial score (nSPS) is 17.1. The van der Waals surface area contributed by atoms with E-state index in [1.165, 1.54) is 0 Å². The number of piperidine rings is 1. The lowest BCUT2D eigenvalue weighted by molar-refractivity contribution is 0.251.